The standard InChI is InChI=1S/C14H11BrN2O/c15-12-7-11(10-16)8-14(9-12)18-6-4-13-3-1-2-5-17-13/h1-3,5,7-9H,4,6H2. The first-order valence-electron chi connectivity index (χ1n) is 5.51. The highest BCUT2D eigenvalue weighted by Crippen LogP contribution is 2.21. The van der Waals surface area contributed by atoms with Crippen molar-refractivity contribution < 1.29 is 4.74 Å². The summed E-state index contributed by atoms with van der Waals surface area (Å²) in [6.07, 6.45) is 2.51. The van der Waals surface area contributed by atoms with Crippen molar-refractivity contribution in [2.45, 2.75) is 6.42 Å². The summed E-state index contributed by atoms with van der Waals surface area (Å²) < 4.78 is 6.45. The first kappa shape index (κ1) is 12.6. The van der Waals surface area contributed by atoms with Gasteiger partial charge in [0.2, 0.25) is 0 Å². The van der Waals surface area contributed by atoms with Crippen molar-refractivity contribution in [1.29, 1.82) is 5.26 Å². The molecule has 0 aliphatic rings. The summed E-state index contributed by atoms with van der Waals surface area (Å²) in [5, 5.41) is 8.85. The highest BCUT2D eigenvalue weighted by Gasteiger charge is 2.00. The lowest BCUT2D eigenvalue weighted by atomic mass is 10.2. The molecule has 2 rings (SSSR count). The number of benzene rings is 1. The molecule has 0 atom stereocenters. The highest BCUT2D eigenvalue weighted by atomic mass is 79.9. The molecule has 4 heteroatoms. The minimum absolute atomic E-state index is 0.540. The fourth-order valence-corrected chi connectivity index (χ4v) is 2.00. The Morgan fingerprint density at radius 2 is 2.17 bits per heavy atom. The van der Waals surface area contributed by atoms with Crippen molar-refractivity contribution in [3.8, 4) is 11.8 Å². The normalized spacial score (nSPS) is 9.78. The molecule has 0 fully saturated rings. The van der Waals surface area contributed by atoms with Gasteiger partial charge in [-0.1, -0.05) is 22.0 Å². The largest absolute Gasteiger partial charge is 0.493 e. The summed E-state index contributed by atoms with van der Waals surface area (Å²) in [6, 6.07) is 13.2. The Balaban J connectivity index is 1.95. The van der Waals surface area contributed by atoms with E-state index in [1.807, 2.05) is 24.3 Å². The molecule has 3 nitrogen and oxygen atoms in total. The highest BCUT2D eigenvalue weighted by molar-refractivity contribution is 9.10. The van der Waals surface area contributed by atoms with E-state index in [0.717, 1.165) is 16.6 Å². The van der Waals surface area contributed by atoms with Crippen LogP contribution < -0.4 is 4.74 Å². The molecule has 0 aliphatic heterocycles. The van der Waals surface area contributed by atoms with E-state index in [0.29, 0.717) is 17.9 Å². The SMILES string of the molecule is N#Cc1cc(Br)cc(OCCc2ccccn2)c1. The maximum absolute atomic E-state index is 8.85. The van der Waals surface area contributed by atoms with Crippen LogP contribution in [0.4, 0.5) is 0 Å². The van der Waals surface area contributed by atoms with Gasteiger partial charge in [0.25, 0.3) is 0 Å². The molecule has 2 aromatic rings. The van der Waals surface area contributed by atoms with Gasteiger partial charge in [0.05, 0.1) is 18.2 Å². The van der Waals surface area contributed by atoms with Crippen molar-refractivity contribution in [2.75, 3.05) is 6.61 Å². The predicted octanol–water partition coefficient (Wildman–Crippen LogP) is 3.34. The second-order valence-corrected chi connectivity index (χ2v) is 4.62. The van der Waals surface area contributed by atoms with Gasteiger partial charge in [0, 0.05) is 22.8 Å². The average molecular weight is 303 g/mol. The smallest absolute Gasteiger partial charge is 0.121 e. The van der Waals surface area contributed by atoms with Crippen LogP contribution in [0.15, 0.2) is 47.1 Å². The third kappa shape index (κ3) is 3.57. The molecule has 1 aromatic heterocycles. The number of nitriles is 1. The Morgan fingerprint density at radius 1 is 1.28 bits per heavy atom. The lowest BCUT2D eigenvalue weighted by Crippen LogP contribution is -2.02. The molecular formula is C14H11BrN2O. The van der Waals surface area contributed by atoms with E-state index in [1.165, 1.54) is 0 Å². The number of nitrogens with zero attached hydrogens (tertiary/aromatic N) is 2. The van der Waals surface area contributed by atoms with Crippen LogP contribution in [-0.2, 0) is 6.42 Å². The van der Waals surface area contributed by atoms with Gasteiger partial charge in [0.1, 0.15) is 5.75 Å². The molecule has 0 radical (unpaired) electrons. The van der Waals surface area contributed by atoms with Gasteiger partial charge in [-0.3, -0.25) is 4.98 Å². The first-order valence-corrected chi connectivity index (χ1v) is 6.30. The van der Waals surface area contributed by atoms with E-state index in [1.54, 1.807) is 18.3 Å². The summed E-state index contributed by atoms with van der Waals surface area (Å²) in [6.45, 7) is 0.540. The Labute approximate surface area is 114 Å². The minimum Gasteiger partial charge on any atom is -0.493 e. The van der Waals surface area contributed by atoms with E-state index in [9.17, 15) is 0 Å². The number of hydrogen-bond donors (Lipinski definition) is 0. The van der Waals surface area contributed by atoms with Gasteiger partial charge in [0.15, 0.2) is 0 Å². The molecule has 0 N–H and O–H groups in total. The summed E-state index contributed by atoms with van der Waals surface area (Å²) in [5.74, 6) is 0.692. The second kappa shape index (κ2) is 6.18. The van der Waals surface area contributed by atoms with E-state index in [4.69, 9.17) is 10.00 Å². The molecule has 1 heterocycles. The van der Waals surface area contributed by atoms with Gasteiger partial charge in [-0.25, -0.2) is 0 Å². The molecule has 18 heavy (non-hydrogen) atoms. The van der Waals surface area contributed by atoms with E-state index < -0.39 is 0 Å². The molecule has 90 valence electrons. The van der Waals surface area contributed by atoms with Gasteiger partial charge < -0.3 is 4.74 Å². The zero-order valence-electron chi connectivity index (χ0n) is 9.64. The first-order chi connectivity index (χ1) is 8.78. The van der Waals surface area contributed by atoms with Gasteiger partial charge in [-0.2, -0.15) is 5.26 Å². The van der Waals surface area contributed by atoms with Crippen LogP contribution in [0.1, 0.15) is 11.3 Å². The zero-order valence-corrected chi connectivity index (χ0v) is 11.2. The van der Waals surface area contributed by atoms with Gasteiger partial charge in [-0.15, -0.1) is 0 Å². The van der Waals surface area contributed by atoms with Crippen LogP contribution in [0.25, 0.3) is 0 Å². The summed E-state index contributed by atoms with van der Waals surface area (Å²) in [4.78, 5) is 4.22. The molecule has 0 saturated carbocycles. The maximum atomic E-state index is 8.85. The Hall–Kier alpha value is -1.86. The van der Waals surface area contributed by atoms with Crippen LogP contribution >= 0.6 is 15.9 Å². The Bertz CT molecular complexity index is 564. The van der Waals surface area contributed by atoms with E-state index in [2.05, 4.69) is 27.0 Å². The fraction of sp³-hybridized carbons (Fsp3) is 0.143. The topological polar surface area (TPSA) is 45.9 Å². The summed E-state index contributed by atoms with van der Waals surface area (Å²) in [7, 11) is 0. The molecule has 0 bridgehead atoms. The minimum atomic E-state index is 0.540. The van der Waals surface area contributed by atoms with Gasteiger partial charge >= 0.3 is 0 Å². The van der Waals surface area contributed by atoms with E-state index in [-0.39, 0.29) is 0 Å². The van der Waals surface area contributed by atoms with Crippen LogP contribution in [0.2, 0.25) is 0 Å². The quantitative estimate of drug-likeness (QED) is 0.870. The number of hydrogen-bond acceptors (Lipinski definition) is 3. The lowest BCUT2D eigenvalue weighted by molar-refractivity contribution is 0.320. The lowest BCUT2D eigenvalue weighted by Gasteiger charge is -2.06. The molecule has 0 spiro atoms. The molecule has 0 unspecified atom stereocenters. The second-order valence-electron chi connectivity index (χ2n) is 3.71. The number of rotatable bonds is 4. The third-order valence-corrected chi connectivity index (χ3v) is 2.81. The third-order valence-electron chi connectivity index (χ3n) is 2.35. The Kier molecular flexibility index (Phi) is 4.32. The van der Waals surface area contributed by atoms with E-state index >= 15 is 0 Å². The Morgan fingerprint density at radius 3 is 2.89 bits per heavy atom. The number of ether oxygens (including phenoxy) is 1. The zero-order chi connectivity index (χ0) is 12.8. The average Bonchev–Trinajstić information content (AvgIpc) is 2.39. The molecule has 0 aliphatic carbocycles. The van der Waals surface area contributed by atoms with Gasteiger partial charge in [-0.05, 0) is 30.3 Å². The monoisotopic (exact) mass is 302 g/mol. The van der Waals surface area contributed by atoms with Crippen LogP contribution in [0.3, 0.4) is 0 Å². The van der Waals surface area contributed by atoms with Crippen molar-refractivity contribution >= 4 is 15.9 Å². The van der Waals surface area contributed by atoms with Crippen molar-refractivity contribution in [2.24, 2.45) is 0 Å². The van der Waals surface area contributed by atoms with Crippen molar-refractivity contribution in [1.82, 2.24) is 4.98 Å². The summed E-state index contributed by atoms with van der Waals surface area (Å²) in [5.41, 5.74) is 1.57. The maximum Gasteiger partial charge on any atom is 0.121 e. The number of aromatic nitrogens is 1. The fourth-order valence-electron chi connectivity index (χ4n) is 1.53. The molecular weight excluding hydrogens is 292 g/mol. The molecule has 0 saturated heterocycles. The van der Waals surface area contributed by atoms with Crippen molar-refractivity contribution in [3.05, 3.63) is 58.3 Å². The van der Waals surface area contributed by atoms with Crippen LogP contribution in [0, 0.1) is 11.3 Å². The number of halogens is 1. The summed E-state index contributed by atoms with van der Waals surface area (Å²) >= 11 is 3.35. The van der Waals surface area contributed by atoms with Crippen molar-refractivity contribution in [3.63, 3.8) is 0 Å². The number of pyridine rings is 1. The van der Waals surface area contributed by atoms with Crippen LogP contribution in [-0.4, -0.2) is 11.6 Å². The predicted molar refractivity (Wildman–Crippen MR) is 72.3 cm³/mol. The van der Waals surface area contributed by atoms with Crippen LogP contribution in [0.5, 0.6) is 5.75 Å². The molecule has 1 aromatic carbocycles. The molecule has 0 amide bonds.